The van der Waals surface area contributed by atoms with Crippen LogP contribution in [-0.4, -0.2) is 29.9 Å². The molecule has 4 heteroatoms. The molecule has 1 aliphatic heterocycles. The molecule has 0 fully saturated rings. The van der Waals surface area contributed by atoms with Crippen LogP contribution >= 0.6 is 11.3 Å². The molecule has 1 aromatic carbocycles. The number of fused-ring (bicyclic) bond motifs is 1. The summed E-state index contributed by atoms with van der Waals surface area (Å²) in [6.45, 7) is 5.47. The summed E-state index contributed by atoms with van der Waals surface area (Å²) in [6.07, 6.45) is 2.00. The summed E-state index contributed by atoms with van der Waals surface area (Å²) >= 11 is 1.81. The first kappa shape index (κ1) is 16.2. The zero-order chi connectivity index (χ0) is 16.2. The fraction of sp³-hybridized carbons (Fsp3) is 0.421. The molecule has 1 aliphatic rings. The summed E-state index contributed by atoms with van der Waals surface area (Å²) in [5, 5.41) is 5.48. The number of rotatable bonds is 5. The van der Waals surface area contributed by atoms with E-state index >= 15 is 0 Å². The van der Waals surface area contributed by atoms with E-state index in [0.717, 1.165) is 19.4 Å². The Kier molecular flexibility index (Phi) is 5.13. The third-order valence-electron chi connectivity index (χ3n) is 4.62. The van der Waals surface area contributed by atoms with E-state index in [1.165, 1.54) is 16.0 Å². The number of carbonyl (C=O) groups excluding carboxylic acids is 1. The molecule has 1 amide bonds. The summed E-state index contributed by atoms with van der Waals surface area (Å²) in [7, 11) is 0. The van der Waals surface area contributed by atoms with Crippen molar-refractivity contribution in [1.29, 1.82) is 0 Å². The van der Waals surface area contributed by atoms with E-state index in [0.29, 0.717) is 12.6 Å². The van der Waals surface area contributed by atoms with Gasteiger partial charge in [-0.15, -0.1) is 11.3 Å². The van der Waals surface area contributed by atoms with Crippen LogP contribution < -0.4 is 5.32 Å². The fourth-order valence-electron chi connectivity index (χ4n) is 3.09. The topological polar surface area (TPSA) is 32.3 Å². The second-order valence-electron chi connectivity index (χ2n) is 6.14. The van der Waals surface area contributed by atoms with E-state index in [2.05, 4.69) is 54.9 Å². The molecule has 2 aromatic rings. The minimum Gasteiger partial charge on any atom is -0.330 e. The van der Waals surface area contributed by atoms with E-state index in [1.807, 2.05) is 11.0 Å². The first-order valence-electron chi connectivity index (χ1n) is 8.34. The molecule has 0 unspecified atom stereocenters. The first-order chi connectivity index (χ1) is 11.2. The van der Waals surface area contributed by atoms with Crippen molar-refractivity contribution in [1.82, 2.24) is 10.2 Å². The van der Waals surface area contributed by atoms with Crippen molar-refractivity contribution in [2.24, 2.45) is 0 Å². The number of hydrogen-bond acceptors (Lipinski definition) is 3. The molecule has 3 rings (SSSR count). The molecule has 0 saturated carbocycles. The SMILES string of the molecule is CC[C@@H](C)NCC(=O)N1CCc2sccc2[C@@H]1c1ccccc1. The van der Waals surface area contributed by atoms with Gasteiger partial charge in [-0.1, -0.05) is 37.3 Å². The Morgan fingerprint density at radius 1 is 1.35 bits per heavy atom. The Morgan fingerprint density at radius 3 is 2.87 bits per heavy atom. The van der Waals surface area contributed by atoms with E-state index in [-0.39, 0.29) is 11.9 Å². The molecule has 0 saturated heterocycles. The van der Waals surface area contributed by atoms with Gasteiger partial charge in [0.2, 0.25) is 5.91 Å². The molecular weight excluding hydrogens is 304 g/mol. The number of amides is 1. The summed E-state index contributed by atoms with van der Waals surface area (Å²) in [5.74, 6) is 0.191. The highest BCUT2D eigenvalue weighted by Gasteiger charge is 2.32. The summed E-state index contributed by atoms with van der Waals surface area (Å²) in [5.41, 5.74) is 2.49. The van der Waals surface area contributed by atoms with E-state index < -0.39 is 0 Å². The molecular formula is C19H24N2OS. The molecule has 122 valence electrons. The Hall–Kier alpha value is -1.65. The van der Waals surface area contributed by atoms with Crippen LogP contribution in [0, 0.1) is 0 Å². The molecule has 1 N–H and O–H groups in total. The van der Waals surface area contributed by atoms with Gasteiger partial charge in [0, 0.05) is 17.5 Å². The van der Waals surface area contributed by atoms with Crippen molar-refractivity contribution in [3.05, 3.63) is 57.8 Å². The number of hydrogen-bond donors (Lipinski definition) is 1. The second-order valence-corrected chi connectivity index (χ2v) is 7.14. The summed E-state index contributed by atoms with van der Waals surface area (Å²) in [6, 6.07) is 13.0. The Balaban J connectivity index is 1.85. The van der Waals surface area contributed by atoms with Crippen molar-refractivity contribution in [3.8, 4) is 0 Å². The third kappa shape index (κ3) is 3.48. The summed E-state index contributed by atoms with van der Waals surface area (Å²) < 4.78 is 0. The monoisotopic (exact) mass is 328 g/mol. The van der Waals surface area contributed by atoms with Crippen molar-refractivity contribution in [2.45, 2.75) is 38.8 Å². The van der Waals surface area contributed by atoms with Crippen LogP contribution in [0.3, 0.4) is 0 Å². The first-order valence-corrected chi connectivity index (χ1v) is 9.22. The molecule has 3 nitrogen and oxygen atoms in total. The van der Waals surface area contributed by atoms with Crippen LogP contribution in [-0.2, 0) is 11.2 Å². The van der Waals surface area contributed by atoms with E-state index in [4.69, 9.17) is 0 Å². The molecule has 1 aromatic heterocycles. The van der Waals surface area contributed by atoms with E-state index in [1.54, 1.807) is 11.3 Å². The number of nitrogens with zero attached hydrogens (tertiary/aromatic N) is 1. The predicted molar refractivity (Wildman–Crippen MR) is 95.8 cm³/mol. The van der Waals surface area contributed by atoms with Gasteiger partial charge in [0.1, 0.15) is 0 Å². The van der Waals surface area contributed by atoms with E-state index in [9.17, 15) is 4.79 Å². The minimum atomic E-state index is 0.0532. The lowest BCUT2D eigenvalue weighted by Crippen LogP contribution is -2.45. The van der Waals surface area contributed by atoms with Crippen LogP contribution in [0.4, 0.5) is 0 Å². The van der Waals surface area contributed by atoms with Crippen LogP contribution in [0.1, 0.15) is 42.3 Å². The predicted octanol–water partition coefficient (Wildman–Crippen LogP) is 3.61. The quantitative estimate of drug-likeness (QED) is 0.909. The van der Waals surface area contributed by atoms with Gasteiger partial charge in [-0.05, 0) is 42.3 Å². The smallest absolute Gasteiger partial charge is 0.237 e. The highest BCUT2D eigenvalue weighted by Crippen LogP contribution is 2.37. The lowest BCUT2D eigenvalue weighted by atomic mass is 9.93. The number of nitrogens with one attached hydrogen (secondary N) is 1. The van der Waals surface area contributed by atoms with Crippen molar-refractivity contribution in [3.63, 3.8) is 0 Å². The van der Waals surface area contributed by atoms with Gasteiger partial charge < -0.3 is 10.2 Å². The average molecular weight is 328 g/mol. The highest BCUT2D eigenvalue weighted by atomic mass is 32.1. The van der Waals surface area contributed by atoms with Crippen LogP contribution in [0.25, 0.3) is 0 Å². The molecule has 0 bridgehead atoms. The number of carbonyl (C=O) groups is 1. The number of thiophene rings is 1. The standard InChI is InChI=1S/C19H24N2OS/c1-3-14(2)20-13-18(22)21-11-9-17-16(10-12-23-17)19(21)15-7-5-4-6-8-15/h4-8,10,12,14,19-20H,3,9,11,13H2,1-2H3/t14-,19+/m1/s1. The molecule has 23 heavy (non-hydrogen) atoms. The Bertz CT molecular complexity index is 652. The zero-order valence-electron chi connectivity index (χ0n) is 13.8. The van der Waals surface area contributed by atoms with Gasteiger partial charge in [0.05, 0.1) is 12.6 Å². The maximum absolute atomic E-state index is 12.8. The zero-order valence-corrected chi connectivity index (χ0v) is 14.6. The highest BCUT2D eigenvalue weighted by molar-refractivity contribution is 7.10. The largest absolute Gasteiger partial charge is 0.330 e. The van der Waals surface area contributed by atoms with Crippen molar-refractivity contribution < 1.29 is 4.79 Å². The lowest BCUT2D eigenvalue weighted by molar-refractivity contribution is -0.132. The Morgan fingerprint density at radius 2 is 2.13 bits per heavy atom. The van der Waals surface area contributed by atoms with Gasteiger partial charge in [-0.25, -0.2) is 0 Å². The maximum Gasteiger partial charge on any atom is 0.237 e. The average Bonchev–Trinajstić information content (AvgIpc) is 3.07. The van der Waals surface area contributed by atoms with Gasteiger partial charge in [0.15, 0.2) is 0 Å². The van der Waals surface area contributed by atoms with Gasteiger partial charge in [0.25, 0.3) is 0 Å². The normalized spacial score (nSPS) is 18.5. The van der Waals surface area contributed by atoms with Crippen LogP contribution in [0.5, 0.6) is 0 Å². The molecule has 0 radical (unpaired) electrons. The third-order valence-corrected chi connectivity index (χ3v) is 5.61. The molecule has 0 spiro atoms. The summed E-state index contributed by atoms with van der Waals surface area (Å²) in [4.78, 5) is 16.3. The van der Waals surface area contributed by atoms with Gasteiger partial charge in [-0.2, -0.15) is 0 Å². The lowest BCUT2D eigenvalue weighted by Gasteiger charge is -2.36. The Labute approximate surface area is 142 Å². The number of benzene rings is 1. The molecule has 2 atom stereocenters. The minimum absolute atomic E-state index is 0.0532. The van der Waals surface area contributed by atoms with Gasteiger partial charge in [-0.3, -0.25) is 4.79 Å². The van der Waals surface area contributed by atoms with Crippen molar-refractivity contribution >= 4 is 17.2 Å². The second kappa shape index (κ2) is 7.28. The maximum atomic E-state index is 12.8. The molecule has 0 aliphatic carbocycles. The van der Waals surface area contributed by atoms with Crippen molar-refractivity contribution in [2.75, 3.05) is 13.1 Å². The van der Waals surface area contributed by atoms with Gasteiger partial charge >= 0.3 is 0 Å². The van der Waals surface area contributed by atoms with Crippen LogP contribution in [0.15, 0.2) is 41.8 Å². The molecule has 2 heterocycles. The fourth-order valence-corrected chi connectivity index (χ4v) is 3.99. The van der Waals surface area contributed by atoms with Crippen LogP contribution in [0.2, 0.25) is 0 Å².